The summed E-state index contributed by atoms with van der Waals surface area (Å²) < 4.78 is 1.85. The van der Waals surface area contributed by atoms with E-state index in [-0.39, 0.29) is 11.9 Å². The third kappa shape index (κ3) is 2.59. The first-order valence-corrected chi connectivity index (χ1v) is 7.11. The van der Waals surface area contributed by atoms with E-state index in [4.69, 9.17) is 5.73 Å². The number of hydrogen-bond donors (Lipinski definition) is 2. The van der Waals surface area contributed by atoms with Crippen molar-refractivity contribution in [3.63, 3.8) is 0 Å². The van der Waals surface area contributed by atoms with Gasteiger partial charge in [-0.25, -0.2) is 4.98 Å². The van der Waals surface area contributed by atoms with Gasteiger partial charge < -0.3 is 11.1 Å². The molecule has 0 radical (unpaired) electrons. The molecule has 1 amide bonds. The molecule has 6 heteroatoms. The van der Waals surface area contributed by atoms with E-state index in [1.807, 2.05) is 25.5 Å². The van der Waals surface area contributed by atoms with Crippen molar-refractivity contribution in [2.45, 2.75) is 26.8 Å². The molecule has 6 nitrogen and oxygen atoms in total. The van der Waals surface area contributed by atoms with Crippen molar-refractivity contribution >= 4 is 28.2 Å². The number of aryl methyl sites for hydroxylation is 1. The van der Waals surface area contributed by atoms with Gasteiger partial charge in [-0.2, -0.15) is 5.10 Å². The largest absolute Gasteiger partial charge is 0.397 e. The quantitative estimate of drug-likeness (QED) is 0.669. The highest BCUT2D eigenvalue weighted by atomic mass is 16.1. The standard InChI is InChI=1S/C16H21N5O/c1-6-7-11(16(22)18-5)13-8-12(17)15-14(19-13)10(4)20-21(15)9(2)3/h6-9H,1H2,2-5H3,(H2,17,19)(H,18,22)/b11-7-. The number of allylic oxidation sites excluding steroid dienone is 2. The molecule has 3 N–H and O–H groups in total. The second kappa shape index (κ2) is 6.01. The van der Waals surface area contributed by atoms with Crippen LogP contribution in [0.3, 0.4) is 0 Å². The van der Waals surface area contributed by atoms with Crippen molar-refractivity contribution in [2.24, 2.45) is 0 Å². The zero-order valence-electron chi connectivity index (χ0n) is 13.3. The van der Waals surface area contributed by atoms with Gasteiger partial charge in [-0.15, -0.1) is 0 Å². The van der Waals surface area contributed by atoms with Gasteiger partial charge in [0, 0.05) is 13.1 Å². The maximum absolute atomic E-state index is 12.0. The van der Waals surface area contributed by atoms with Crippen molar-refractivity contribution < 1.29 is 4.79 Å². The van der Waals surface area contributed by atoms with Crippen LogP contribution < -0.4 is 11.1 Å². The summed E-state index contributed by atoms with van der Waals surface area (Å²) in [5.41, 5.74) is 9.97. The molecular weight excluding hydrogens is 278 g/mol. The fourth-order valence-electron chi connectivity index (χ4n) is 2.35. The molecule has 2 aromatic rings. The minimum atomic E-state index is -0.236. The molecule has 0 spiro atoms. The topological polar surface area (TPSA) is 85.8 Å². The van der Waals surface area contributed by atoms with Crippen molar-refractivity contribution in [1.29, 1.82) is 0 Å². The van der Waals surface area contributed by atoms with E-state index < -0.39 is 0 Å². The third-order valence-corrected chi connectivity index (χ3v) is 3.37. The molecule has 0 bridgehead atoms. The lowest BCUT2D eigenvalue weighted by Gasteiger charge is -2.10. The van der Waals surface area contributed by atoms with Gasteiger partial charge in [-0.05, 0) is 32.9 Å². The summed E-state index contributed by atoms with van der Waals surface area (Å²) in [5.74, 6) is -0.236. The molecular formula is C16H21N5O. The number of likely N-dealkylation sites (N-methyl/N-ethyl adjacent to an activating group) is 1. The number of nitrogens with one attached hydrogen (secondary N) is 1. The second-order valence-corrected chi connectivity index (χ2v) is 5.31. The first-order valence-electron chi connectivity index (χ1n) is 7.11. The molecule has 0 aliphatic carbocycles. The number of pyridine rings is 1. The van der Waals surface area contributed by atoms with Crippen molar-refractivity contribution in [3.05, 3.63) is 36.2 Å². The molecule has 22 heavy (non-hydrogen) atoms. The Hall–Kier alpha value is -2.63. The van der Waals surface area contributed by atoms with Crippen molar-refractivity contribution in [3.8, 4) is 0 Å². The number of anilines is 1. The van der Waals surface area contributed by atoms with Crippen LogP contribution in [0.2, 0.25) is 0 Å². The zero-order valence-corrected chi connectivity index (χ0v) is 13.3. The van der Waals surface area contributed by atoms with Gasteiger partial charge in [-0.1, -0.05) is 12.7 Å². The van der Waals surface area contributed by atoms with Crippen LogP contribution in [0.25, 0.3) is 16.6 Å². The molecule has 0 saturated heterocycles. The van der Waals surface area contributed by atoms with Crippen LogP contribution in [-0.2, 0) is 4.79 Å². The zero-order chi connectivity index (χ0) is 16.4. The maximum atomic E-state index is 12.0. The van der Waals surface area contributed by atoms with Gasteiger partial charge in [0.2, 0.25) is 0 Å². The minimum Gasteiger partial charge on any atom is -0.397 e. The highest BCUT2D eigenvalue weighted by Gasteiger charge is 2.18. The summed E-state index contributed by atoms with van der Waals surface area (Å²) in [7, 11) is 1.57. The number of fused-ring (bicyclic) bond motifs is 1. The smallest absolute Gasteiger partial charge is 0.253 e. The summed E-state index contributed by atoms with van der Waals surface area (Å²) >= 11 is 0. The first-order chi connectivity index (χ1) is 10.4. The van der Waals surface area contributed by atoms with Crippen molar-refractivity contribution in [2.75, 3.05) is 12.8 Å². The highest BCUT2D eigenvalue weighted by molar-refractivity contribution is 6.19. The van der Waals surface area contributed by atoms with Crippen LogP contribution in [0.1, 0.15) is 31.3 Å². The number of nitrogens with zero attached hydrogens (tertiary/aromatic N) is 3. The van der Waals surface area contributed by atoms with E-state index >= 15 is 0 Å². The average Bonchev–Trinajstić information content (AvgIpc) is 2.82. The Bertz CT molecular complexity index is 770. The Morgan fingerprint density at radius 2 is 2.18 bits per heavy atom. The van der Waals surface area contributed by atoms with Crippen LogP contribution in [0.5, 0.6) is 0 Å². The molecule has 0 aliphatic rings. The Morgan fingerprint density at radius 3 is 2.73 bits per heavy atom. The molecule has 2 aromatic heterocycles. The van der Waals surface area contributed by atoms with Gasteiger partial charge in [0.1, 0.15) is 11.0 Å². The molecule has 2 rings (SSSR count). The Balaban J connectivity index is 2.73. The number of nitrogens with two attached hydrogens (primary N) is 1. The number of amides is 1. The summed E-state index contributed by atoms with van der Waals surface area (Å²) in [4.78, 5) is 16.6. The van der Waals surface area contributed by atoms with Gasteiger partial charge in [0.05, 0.1) is 22.6 Å². The van der Waals surface area contributed by atoms with Crippen LogP contribution in [-0.4, -0.2) is 27.7 Å². The fourth-order valence-corrected chi connectivity index (χ4v) is 2.35. The summed E-state index contributed by atoms with van der Waals surface area (Å²) in [6.07, 6.45) is 3.17. The van der Waals surface area contributed by atoms with E-state index in [1.54, 1.807) is 25.3 Å². The molecule has 116 valence electrons. The normalized spacial score (nSPS) is 12.0. The monoisotopic (exact) mass is 299 g/mol. The molecule has 0 fully saturated rings. The lowest BCUT2D eigenvalue weighted by molar-refractivity contribution is -0.115. The SMILES string of the molecule is C=C/C=C(\C(=O)NC)c1cc(N)c2c(n1)c(C)nn2C(C)C. The molecule has 0 atom stereocenters. The Kier molecular flexibility index (Phi) is 4.30. The predicted octanol–water partition coefficient (Wildman–Crippen LogP) is 2.22. The predicted molar refractivity (Wildman–Crippen MR) is 89.3 cm³/mol. The van der Waals surface area contributed by atoms with E-state index in [1.165, 1.54) is 0 Å². The number of aromatic nitrogens is 3. The van der Waals surface area contributed by atoms with E-state index in [0.29, 0.717) is 22.5 Å². The molecule has 2 heterocycles. The lowest BCUT2D eigenvalue weighted by Crippen LogP contribution is -2.20. The number of carbonyl (C=O) groups is 1. The average molecular weight is 299 g/mol. The fraction of sp³-hybridized carbons (Fsp3) is 0.312. The van der Waals surface area contributed by atoms with Crippen LogP contribution >= 0.6 is 0 Å². The Labute approximate surface area is 129 Å². The number of rotatable bonds is 4. The van der Waals surface area contributed by atoms with Crippen molar-refractivity contribution in [1.82, 2.24) is 20.1 Å². The maximum Gasteiger partial charge on any atom is 0.253 e. The number of nitrogen functional groups attached to an aromatic ring is 1. The van der Waals surface area contributed by atoms with Gasteiger partial charge in [0.25, 0.3) is 5.91 Å². The van der Waals surface area contributed by atoms with E-state index in [2.05, 4.69) is 22.0 Å². The van der Waals surface area contributed by atoms with Gasteiger partial charge in [0.15, 0.2) is 0 Å². The van der Waals surface area contributed by atoms with Gasteiger partial charge in [-0.3, -0.25) is 9.48 Å². The molecule has 0 aliphatic heterocycles. The van der Waals surface area contributed by atoms with Crippen LogP contribution in [0.4, 0.5) is 5.69 Å². The van der Waals surface area contributed by atoms with Crippen LogP contribution in [0, 0.1) is 6.92 Å². The third-order valence-electron chi connectivity index (χ3n) is 3.37. The van der Waals surface area contributed by atoms with Gasteiger partial charge >= 0.3 is 0 Å². The van der Waals surface area contributed by atoms with Crippen LogP contribution in [0.15, 0.2) is 24.8 Å². The summed E-state index contributed by atoms with van der Waals surface area (Å²) in [6, 6.07) is 1.88. The number of hydrogen-bond acceptors (Lipinski definition) is 4. The summed E-state index contributed by atoms with van der Waals surface area (Å²) in [6.45, 7) is 9.59. The Morgan fingerprint density at radius 1 is 1.50 bits per heavy atom. The van der Waals surface area contributed by atoms with E-state index in [0.717, 1.165) is 11.2 Å². The summed E-state index contributed by atoms with van der Waals surface area (Å²) in [5, 5.41) is 7.09. The second-order valence-electron chi connectivity index (χ2n) is 5.31. The molecule has 0 unspecified atom stereocenters. The molecule has 0 aromatic carbocycles. The first kappa shape index (κ1) is 15.8. The van der Waals surface area contributed by atoms with E-state index in [9.17, 15) is 4.79 Å². The highest BCUT2D eigenvalue weighted by Crippen LogP contribution is 2.28. The lowest BCUT2D eigenvalue weighted by atomic mass is 10.1. The minimum absolute atomic E-state index is 0.174. The molecule has 0 saturated carbocycles. The number of carbonyl (C=O) groups excluding carboxylic acids is 1.